The molecule has 4 rings (SSSR count). The summed E-state index contributed by atoms with van der Waals surface area (Å²) in [6.07, 6.45) is 0.551. The van der Waals surface area contributed by atoms with Gasteiger partial charge in [-0.05, 0) is 36.8 Å². The molecule has 1 atom stereocenters. The van der Waals surface area contributed by atoms with E-state index in [2.05, 4.69) is 19.6 Å². The monoisotopic (exact) mass is 479 g/mol. The first-order chi connectivity index (χ1) is 14.9. The van der Waals surface area contributed by atoms with Crippen LogP contribution in [0.4, 0.5) is 20.0 Å². The molecule has 0 bridgehead atoms. The van der Waals surface area contributed by atoms with Crippen molar-refractivity contribution >= 4 is 51.6 Å². The maximum Gasteiger partial charge on any atom is 0.322 e. The van der Waals surface area contributed by atoms with Gasteiger partial charge in [0.15, 0.2) is 0 Å². The van der Waals surface area contributed by atoms with Crippen molar-refractivity contribution in [1.82, 2.24) is 14.3 Å². The number of amides is 2. The molecule has 0 spiro atoms. The van der Waals surface area contributed by atoms with Gasteiger partial charge in [0.25, 0.3) is 0 Å². The summed E-state index contributed by atoms with van der Waals surface area (Å²) in [5.74, 6) is 0.444. The molecule has 1 aromatic heterocycles. The van der Waals surface area contributed by atoms with E-state index in [1.807, 2.05) is 6.92 Å². The van der Waals surface area contributed by atoms with Crippen LogP contribution in [0.2, 0.25) is 10.0 Å². The number of anilines is 2. The molecule has 0 radical (unpaired) electrons. The largest absolute Gasteiger partial charge is 0.343 e. The zero-order valence-electron chi connectivity index (χ0n) is 16.7. The van der Waals surface area contributed by atoms with Crippen LogP contribution in [-0.2, 0) is 6.42 Å². The molecule has 1 aliphatic rings. The maximum atomic E-state index is 13.1. The number of aromatic nitrogens is 2. The second kappa shape index (κ2) is 9.38. The van der Waals surface area contributed by atoms with Gasteiger partial charge in [0, 0.05) is 43.6 Å². The fourth-order valence-electron chi connectivity index (χ4n) is 3.45. The second-order valence-corrected chi connectivity index (χ2v) is 8.83. The number of halogens is 3. The zero-order valence-corrected chi connectivity index (χ0v) is 19.0. The summed E-state index contributed by atoms with van der Waals surface area (Å²) in [7, 11) is 0. The van der Waals surface area contributed by atoms with E-state index in [1.165, 1.54) is 23.7 Å². The molecule has 6 nitrogen and oxygen atoms in total. The predicted molar refractivity (Wildman–Crippen MR) is 123 cm³/mol. The van der Waals surface area contributed by atoms with Crippen LogP contribution < -0.4 is 10.2 Å². The first-order valence-corrected chi connectivity index (χ1v) is 11.3. The third-order valence-corrected chi connectivity index (χ3v) is 6.72. The smallest absolute Gasteiger partial charge is 0.322 e. The number of benzene rings is 2. The van der Waals surface area contributed by atoms with E-state index in [9.17, 15) is 9.18 Å². The first-order valence-electron chi connectivity index (χ1n) is 9.74. The van der Waals surface area contributed by atoms with Gasteiger partial charge in [-0.1, -0.05) is 41.4 Å². The number of carbonyl (C=O) groups is 1. The number of hydrogen-bond donors (Lipinski definition) is 1. The highest BCUT2D eigenvalue weighted by Crippen LogP contribution is 2.30. The van der Waals surface area contributed by atoms with E-state index >= 15 is 0 Å². The Morgan fingerprint density at radius 2 is 2.00 bits per heavy atom. The molecule has 1 fully saturated rings. The van der Waals surface area contributed by atoms with Crippen LogP contribution >= 0.6 is 34.7 Å². The lowest BCUT2D eigenvalue weighted by Crippen LogP contribution is -2.55. The first kappa shape index (κ1) is 21.8. The fraction of sp³-hybridized carbons (Fsp3) is 0.286. The summed E-state index contributed by atoms with van der Waals surface area (Å²) in [5, 5.41) is 4.38. The SMILES string of the molecule is CC1CN(c2nc(Cc3ccc(F)cc3)ns2)CCN1C(=O)Nc1cccc(Cl)c1Cl. The molecule has 2 heterocycles. The van der Waals surface area contributed by atoms with E-state index in [0.717, 1.165) is 10.7 Å². The van der Waals surface area contributed by atoms with Crippen LogP contribution in [0.1, 0.15) is 18.3 Å². The normalized spacial score (nSPS) is 16.5. The van der Waals surface area contributed by atoms with Crippen molar-refractivity contribution in [3.05, 3.63) is 69.7 Å². The summed E-state index contributed by atoms with van der Waals surface area (Å²) in [6, 6.07) is 11.2. The van der Waals surface area contributed by atoms with Gasteiger partial charge in [0.05, 0.1) is 15.7 Å². The molecule has 3 aromatic rings. The van der Waals surface area contributed by atoms with E-state index in [0.29, 0.717) is 47.6 Å². The predicted octanol–water partition coefficient (Wildman–Crippen LogP) is 5.32. The fourth-order valence-corrected chi connectivity index (χ4v) is 4.52. The van der Waals surface area contributed by atoms with Crippen molar-refractivity contribution in [2.24, 2.45) is 0 Å². The van der Waals surface area contributed by atoms with Gasteiger partial charge in [0.1, 0.15) is 11.6 Å². The van der Waals surface area contributed by atoms with Gasteiger partial charge < -0.3 is 15.1 Å². The van der Waals surface area contributed by atoms with Crippen molar-refractivity contribution in [2.75, 3.05) is 29.9 Å². The molecule has 0 aliphatic carbocycles. The summed E-state index contributed by atoms with van der Waals surface area (Å²) < 4.78 is 17.5. The Hall–Kier alpha value is -2.42. The van der Waals surface area contributed by atoms with E-state index in [1.54, 1.807) is 35.2 Å². The number of hydrogen-bond acceptors (Lipinski definition) is 5. The zero-order chi connectivity index (χ0) is 22.0. The minimum absolute atomic E-state index is 0.0313. The van der Waals surface area contributed by atoms with Crippen molar-refractivity contribution in [1.29, 1.82) is 0 Å². The van der Waals surface area contributed by atoms with Crippen LogP contribution in [0.15, 0.2) is 42.5 Å². The van der Waals surface area contributed by atoms with Gasteiger partial charge >= 0.3 is 6.03 Å². The molecule has 2 amide bonds. The Morgan fingerprint density at radius 3 is 2.74 bits per heavy atom. The average molecular weight is 480 g/mol. The molecule has 0 saturated carbocycles. The third-order valence-electron chi connectivity index (χ3n) is 5.08. The Labute approximate surface area is 193 Å². The number of carbonyl (C=O) groups excluding carboxylic acids is 1. The van der Waals surface area contributed by atoms with Gasteiger partial charge in [-0.2, -0.15) is 4.37 Å². The highest BCUT2D eigenvalue weighted by molar-refractivity contribution is 7.09. The van der Waals surface area contributed by atoms with Crippen molar-refractivity contribution in [3.63, 3.8) is 0 Å². The summed E-state index contributed by atoms with van der Waals surface area (Å²) in [5.41, 5.74) is 1.45. The van der Waals surface area contributed by atoms with E-state index in [-0.39, 0.29) is 17.9 Å². The maximum absolute atomic E-state index is 13.1. The lowest BCUT2D eigenvalue weighted by molar-refractivity contribution is 0.185. The molecule has 1 unspecified atom stereocenters. The van der Waals surface area contributed by atoms with Crippen molar-refractivity contribution in [3.8, 4) is 0 Å². The van der Waals surface area contributed by atoms with Crippen LogP contribution in [0.25, 0.3) is 0 Å². The Bertz CT molecular complexity index is 1080. The Balaban J connectivity index is 1.37. The third kappa shape index (κ3) is 5.08. The van der Waals surface area contributed by atoms with Gasteiger partial charge in [0.2, 0.25) is 5.13 Å². The molecule has 1 saturated heterocycles. The molecule has 31 heavy (non-hydrogen) atoms. The minimum atomic E-state index is -0.260. The Morgan fingerprint density at radius 1 is 1.23 bits per heavy atom. The quantitative estimate of drug-likeness (QED) is 0.550. The van der Waals surface area contributed by atoms with Crippen LogP contribution in [0, 0.1) is 5.82 Å². The molecule has 2 aromatic carbocycles. The lowest BCUT2D eigenvalue weighted by atomic mass is 10.1. The molecule has 10 heteroatoms. The minimum Gasteiger partial charge on any atom is -0.343 e. The number of nitrogens with zero attached hydrogens (tertiary/aromatic N) is 4. The Kier molecular flexibility index (Phi) is 6.60. The lowest BCUT2D eigenvalue weighted by Gasteiger charge is -2.39. The highest BCUT2D eigenvalue weighted by atomic mass is 35.5. The van der Waals surface area contributed by atoms with Crippen LogP contribution in [0.5, 0.6) is 0 Å². The van der Waals surface area contributed by atoms with Crippen LogP contribution in [-0.4, -0.2) is 46.0 Å². The number of nitrogens with one attached hydrogen (secondary N) is 1. The molecule has 1 N–H and O–H groups in total. The number of rotatable bonds is 4. The van der Waals surface area contributed by atoms with E-state index < -0.39 is 0 Å². The molecule has 162 valence electrons. The topological polar surface area (TPSA) is 61.4 Å². The second-order valence-electron chi connectivity index (χ2n) is 7.32. The summed E-state index contributed by atoms with van der Waals surface area (Å²) in [4.78, 5) is 21.3. The molecule has 1 aliphatic heterocycles. The highest BCUT2D eigenvalue weighted by Gasteiger charge is 2.29. The van der Waals surface area contributed by atoms with Crippen molar-refractivity contribution < 1.29 is 9.18 Å². The standard InChI is InChI=1S/C21H20Cl2FN5OS/c1-13-12-28(21-26-18(27-31-21)11-14-5-7-15(24)8-6-14)9-10-29(13)20(30)25-17-4-2-3-16(22)19(17)23/h2-8,13H,9-12H2,1H3,(H,25,30). The molecular weight excluding hydrogens is 460 g/mol. The van der Waals surface area contributed by atoms with Gasteiger partial charge in [-0.25, -0.2) is 14.2 Å². The van der Waals surface area contributed by atoms with Crippen LogP contribution in [0.3, 0.4) is 0 Å². The van der Waals surface area contributed by atoms with E-state index in [4.69, 9.17) is 23.2 Å². The summed E-state index contributed by atoms with van der Waals surface area (Å²) >= 11 is 13.5. The molecular formula is C21H20Cl2FN5OS. The average Bonchev–Trinajstić information content (AvgIpc) is 3.21. The summed E-state index contributed by atoms with van der Waals surface area (Å²) in [6.45, 7) is 3.82. The number of piperazine rings is 1. The van der Waals surface area contributed by atoms with Gasteiger partial charge in [-0.3, -0.25) is 0 Å². The van der Waals surface area contributed by atoms with Crippen molar-refractivity contribution in [2.45, 2.75) is 19.4 Å². The number of urea groups is 1. The van der Waals surface area contributed by atoms with Gasteiger partial charge in [-0.15, -0.1) is 0 Å².